The van der Waals surface area contributed by atoms with Crippen molar-refractivity contribution in [3.8, 4) is 0 Å². The predicted molar refractivity (Wildman–Crippen MR) is 35.7 cm³/mol. The average molecular weight is 150 g/mol. The highest BCUT2D eigenvalue weighted by Crippen LogP contribution is 1.90. The Morgan fingerprint density at radius 1 is 1.30 bits per heavy atom. The summed E-state index contributed by atoms with van der Waals surface area (Å²) in [6.45, 7) is 0.705. The van der Waals surface area contributed by atoms with Crippen molar-refractivity contribution in [3.05, 3.63) is 0 Å². The van der Waals surface area contributed by atoms with Crippen LogP contribution in [-0.4, -0.2) is 45.4 Å². The molecule has 0 saturated heterocycles. The van der Waals surface area contributed by atoms with Crippen LogP contribution in [0.15, 0.2) is 0 Å². The van der Waals surface area contributed by atoms with Crippen LogP contribution in [0.1, 0.15) is 0 Å². The number of aliphatic hydroxyl groups is 1. The standard InChI is InChI=1S/C6H14O4/c1-8-6(9-2)5-10-4-3-7/h6-7H,3-5H2,1-2H3. The minimum Gasteiger partial charge on any atom is -0.394 e. The number of hydrogen-bond donors (Lipinski definition) is 1. The Labute approximate surface area is 60.7 Å². The van der Waals surface area contributed by atoms with Gasteiger partial charge in [-0.2, -0.15) is 0 Å². The zero-order valence-corrected chi connectivity index (χ0v) is 6.37. The molecule has 0 fully saturated rings. The van der Waals surface area contributed by atoms with Crippen LogP contribution < -0.4 is 0 Å². The molecule has 0 bridgehead atoms. The van der Waals surface area contributed by atoms with E-state index in [0.717, 1.165) is 0 Å². The topological polar surface area (TPSA) is 47.9 Å². The third kappa shape index (κ3) is 4.69. The van der Waals surface area contributed by atoms with Gasteiger partial charge in [0.25, 0.3) is 0 Å². The molecule has 0 aliphatic carbocycles. The summed E-state index contributed by atoms with van der Waals surface area (Å²) in [5, 5.41) is 8.32. The molecule has 0 spiro atoms. The van der Waals surface area contributed by atoms with Gasteiger partial charge in [-0.05, 0) is 0 Å². The third-order valence-electron chi connectivity index (χ3n) is 1.02. The predicted octanol–water partition coefficient (Wildman–Crippen LogP) is -0.386. The minimum absolute atomic E-state index is 0.0279. The second-order valence-corrected chi connectivity index (χ2v) is 1.70. The Kier molecular flexibility index (Phi) is 6.84. The molecule has 0 atom stereocenters. The number of aliphatic hydroxyl groups excluding tert-OH is 1. The van der Waals surface area contributed by atoms with Gasteiger partial charge in [0.1, 0.15) is 0 Å². The zero-order chi connectivity index (χ0) is 7.82. The van der Waals surface area contributed by atoms with E-state index >= 15 is 0 Å². The lowest BCUT2D eigenvalue weighted by atomic mass is 10.6. The lowest BCUT2D eigenvalue weighted by Crippen LogP contribution is -2.21. The smallest absolute Gasteiger partial charge is 0.180 e. The number of ether oxygens (including phenoxy) is 3. The van der Waals surface area contributed by atoms with Crippen LogP contribution in [0.5, 0.6) is 0 Å². The molecule has 0 aromatic rings. The molecule has 0 aliphatic rings. The maximum Gasteiger partial charge on any atom is 0.180 e. The van der Waals surface area contributed by atoms with Gasteiger partial charge >= 0.3 is 0 Å². The Bertz CT molecular complexity index is 62.8. The molecule has 0 saturated carbocycles. The number of methoxy groups -OCH3 is 2. The third-order valence-corrected chi connectivity index (χ3v) is 1.02. The van der Waals surface area contributed by atoms with Crippen molar-refractivity contribution >= 4 is 0 Å². The van der Waals surface area contributed by atoms with Gasteiger partial charge in [0.05, 0.1) is 19.8 Å². The highest BCUT2D eigenvalue weighted by atomic mass is 16.7. The van der Waals surface area contributed by atoms with Gasteiger partial charge in [-0.3, -0.25) is 0 Å². The van der Waals surface area contributed by atoms with Gasteiger partial charge in [-0.25, -0.2) is 0 Å². The van der Waals surface area contributed by atoms with Crippen molar-refractivity contribution in [3.63, 3.8) is 0 Å². The van der Waals surface area contributed by atoms with Gasteiger partial charge in [0.2, 0.25) is 0 Å². The van der Waals surface area contributed by atoms with Gasteiger partial charge < -0.3 is 19.3 Å². The van der Waals surface area contributed by atoms with Crippen LogP contribution in [0.25, 0.3) is 0 Å². The first-order chi connectivity index (χ1) is 4.85. The van der Waals surface area contributed by atoms with E-state index in [2.05, 4.69) is 0 Å². The van der Waals surface area contributed by atoms with E-state index in [0.29, 0.717) is 13.2 Å². The summed E-state index contributed by atoms with van der Waals surface area (Å²) in [5.74, 6) is 0. The monoisotopic (exact) mass is 150 g/mol. The van der Waals surface area contributed by atoms with Gasteiger partial charge in [-0.15, -0.1) is 0 Å². The summed E-state index contributed by atoms with van der Waals surface area (Å²) >= 11 is 0. The van der Waals surface area contributed by atoms with E-state index in [4.69, 9.17) is 19.3 Å². The largest absolute Gasteiger partial charge is 0.394 e. The van der Waals surface area contributed by atoms with E-state index in [1.807, 2.05) is 0 Å². The van der Waals surface area contributed by atoms with Crippen LogP contribution in [0.4, 0.5) is 0 Å². The van der Waals surface area contributed by atoms with Crippen LogP contribution in [0.3, 0.4) is 0 Å². The summed E-state index contributed by atoms with van der Waals surface area (Å²) in [7, 11) is 3.08. The van der Waals surface area contributed by atoms with Crippen LogP contribution in [-0.2, 0) is 14.2 Å². The fourth-order valence-corrected chi connectivity index (χ4v) is 0.476. The van der Waals surface area contributed by atoms with E-state index in [9.17, 15) is 0 Å². The fourth-order valence-electron chi connectivity index (χ4n) is 0.476. The summed E-state index contributed by atoms with van der Waals surface area (Å²) in [5.41, 5.74) is 0. The van der Waals surface area contributed by atoms with Crippen molar-refractivity contribution in [1.29, 1.82) is 0 Å². The normalized spacial score (nSPS) is 10.8. The Hall–Kier alpha value is -0.160. The van der Waals surface area contributed by atoms with E-state index in [1.54, 1.807) is 0 Å². The van der Waals surface area contributed by atoms with Crippen molar-refractivity contribution in [1.82, 2.24) is 0 Å². The fraction of sp³-hybridized carbons (Fsp3) is 1.00. The van der Waals surface area contributed by atoms with E-state index in [1.165, 1.54) is 14.2 Å². The molecular weight excluding hydrogens is 136 g/mol. The van der Waals surface area contributed by atoms with E-state index in [-0.39, 0.29) is 12.9 Å². The molecule has 0 rings (SSSR count). The van der Waals surface area contributed by atoms with Gasteiger partial charge in [-0.1, -0.05) is 0 Å². The second kappa shape index (κ2) is 6.95. The Morgan fingerprint density at radius 2 is 1.90 bits per heavy atom. The summed E-state index contributed by atoms with van der Waals surface area (Å²) in [4.78, 5) is 0. The quantitative estimate of drug-likeness (QED) is 0.414. The first-order valence-corrected chi connectivity index (χ1v) is 3.09. The van der Waals surface area contributed by atoms with Crippen molar-refractivity contribution < 1.29 is 19.3 Å². The SMILES string of the molecule is COC(COCCO)OC. The molecule has 0 radical (unpaired) electrons. The lowest BCUT2D eigenvalue weighted by molar-refractivity contribution is -0.141. The maximum absolute atomic E-state index is 8.32. The molecule has 10 heavy (non-hydrogen) atoms. The molecule has 62 valence electrons. The molecule has 0 aromatic carbocycles. The summed E-state index contributed by atoms with van der Waals surface area (Å²) < 4.78 is 14.6. The van der Waals surface area contributed by atoms with Crippen LogP contribution >= 0.6 is 0 Å². The minimum atomic E-state index is -0.327. The number of hydrogen-bond acceptors (Lipinski definition) is 4. The first-order valence-electron chi connectivity index (χ1n) is 3.09. The Morgan fingerprint density at radius 3 is 2.30 bits per heavy atom. The van der Waals surface area contributed by atoms with Crippen molar-refractivity contribution in [2.24, 2.45) is 0 Å². The molecule has 0 heterocycles. The van der Waals surface area contributed by atoms with Crippen LogP contribution in [0, 0.1) is 0 Å². The molecular formula is C6H14O4. The lowest BCUT2D eigenvalue weighted by Gasteiger charge is -2.12. The molecule has 0 amide bonds. The van der Waals surface area contributed by atoms with Crippen molar-refractivity contribution in [2.45, 2.75) is 6.29 Å². The van der Waals surface area contributed by atoms with Crippen LogP contribution in [0.2, 0.25) is 0 Å². The van der Waals surface area contributed by atoms with E-state index < -0.39 is 0 Å². The second-order valence-electron chi connectivity index (χ2n) is 1.70. The molecule has 4 heteroatoms. The Balaban J connectivity index is 3.09. The van der Waals surface area contributed by atoms with Crippen molar-refractivity contribution in [2.75, 3.05) is 34.0 Å². The highest BCUT2D eigenvalue weighted by Gasteiger charge is 2.02. The molecule has 1 N–H and O–H groups in total. The first kappa shape index (κ1) is 9.84. The van der Waals surface area contributed by atoms with Gasteiger partial charge in [0.15, 0.2) is 6.29 Å². The molecule has 0 unspecified atom stereocenters. The molecule has 0 aromatic heterocycles. The molecule has 4 nitrogen and oxygen atoms in total. The maximum atomic E-state index is 8.32. The molecule has 0 aliphatic heterocycles. The van der Waals surface area contributed by atoms with Gasteiger partial charge in [0, 0.05) is 14.2 Å². The number of rotatable bonds is 6. The zero-order valence-electron chi connectivity index (χ0n) is 6.37. The average Bonchev–Trinajstić information content (AvgIpc) is 1.99. The highest BCUT2D eigenvalue weighted by molar-refractivity contribution is 4.37. The summed E-state index contributed by atoms with van der Waals surface area (Å²) in [6.07, 6.45) is -0.327. The summed E-state index contributed by atoms with van der Waals surface area (Å²) in [6, 6.07) is 0.